The van der Waals surface area contributed by atoms with E-state index in [1.165, 1.54) is 18.7 Å². The molecule has 0 saturated carbocycles. The highest BCUT2D eigenvalue weighted by Crippen LogP contribution is 2.30. The van der Waals surface area contributed by atoms with Gasteiger partial charge in [-0.15, -0.1) is 0 Å². The van der Waals surface area contributed by atoms with E-state index in [4.69, 9.17) is 17.3 Å². The molecule has 0 aliphatic carbocycles. The lowest BCUT2D eigenvalue weighted by Gasteiger charge is -2.33. The number of ether oxygens (including phenoxy) is 1. The normalized spacial score (nSPS) is 15.7. The van der Waals surface area contributed by atoms with Crippen molar-refractivity contribution >= 4 is 29.3 Å². The topological polar surface area (TPSA) is 97.9 Å². The first-order chi connectivity index (χ1) is 18.5. The second kappa shape index (κ2) is 13.2. The van der Waals surface area contributed by atoms with Gasteiger partial charge in [-0.3, -0.25) is 9.59 Å². The van der Waals surface area contributed by atoms with Crippen LogP contribution in [0.1, 0.15) is 57.5 Å². The van der Waals surface area contributed by atoms with Gasteiger partial charge < -0.3 is 15.4 Å². The fourth-order valence-corrected chi connectivity index (χ4v) is 4.13. The molecule has 1 aromatic heterocycles. The summed E-state index contributed by atoms with van der Waals surface area (Å²) in [6.07, 6.45) is -1.59. The van der Waals surface area contributed by atoms with Crippen molar-refractivity contribution in [2.45, 2.75) is 31.9 Å². The predicted molar refractivity (Wildman–Crippen MR) is 143 cm³/mol. The molecule has 1 atom stereocenters. The molecule has 1 aliphatic heterocycles. The number of nitrogens with two attached hydrogens (primary N) is 1. The third-order valence-electron chi connectivity index (χ3n) is 5.98. The first-order valence-electron chi connectivity index (χ1n) is 12.0. The summed E-state index contributed by atoms with van der Waals surface area (Å²) in [5.41, 5.74) is 6.84. The third kappa shape index (κ3) is 8.54. The Bertz CT molecular complexity index is 1290. The first kappa shape index (κ1) is 29.6. The van der Waals surface area contributed by atoms with Gasteiger partial charge in [-0.05, 0) is 67.8 Å². The molecule has 206 valence electrons. The van der Waals surface area contributed by atoms with E-state index in [2.05, 4.69) is 14.7 Å². The SMILES string of the molecule is CC(N)=NC(=O)c1ccc(C(=O)N2CCCC(c3ccc(Cl)cc3)C2)cc1.COc1ccc(C(F)(F)F)cn1. The Morgan fingerprint density at radius 3 is 2.23 bits per heavy atom. The van der Waals surface area contributed by atoms with Crippen LogP contribution < -0.4 is 10.5 Å². The highest BCUT2D eigenvalue weighted by atomic mass is 35.5. The number of halogens is 4. The molecular weight excluding hydrogens is 533 g/mol. The second-order valence-electron chi connectivity index (χ2n) is 8.86. The summed E-state index contributed by atoms with van der Waals surface area (Å²) in [7, 11) is 1.34. The Hall–Kier alpha value is -3.92. The Balaban J connectivity index is 0.000000293. The number of aliphatic imine (C=N–C) groups is 1. The molecule has 1 aliphatic rings. The minimum atomic E-state index is -4.33. The van der Waals surface area contributed by atoms with Crippen LogP contribution in [0.5, 0.6) is 5.88 Å². The standard InChI is InChI=1S/C21H22ClN3O2.C7H6F3NO/c1-14(23)24-20(26)16-4-6-17(7-5-16)21(27)25-12-2-3-18(13-25)15-8-10-19(22)11-9-15;1-12-6-3-2-5(4-11-6)7(8,9)10/h4-11,18H,2-3,12-13H2,1H3,(H2,23,24,26);2-4H,1H3. The van der Waals surface area contributed by atoms with Crippen molar-refractivity contribution in [3.63, 3.8) is 0 Å². The molecule has 1 unspecified atom stereocenters. The first-order valence-corrected chi connectivity index (χ1v) is 12.4. The summed E-state index contributed by atoms with van der Waals surface area (Å²) >= 11 is 5.97. The lowest BCUT2D eigenvalue weighted by Crippen LogP contribution is -2.39. The summed E-state index contributed by atoms with van der Waals surface area (Å²) in [5.74, 6) is 0.258. The molecule has 4 rings (SSSR count). The zero-order valence-corrected chi connectivity index (χ0v) is 22.2. The number of aromatic nitrogens is 1. The van der Waals surface area contributed by atoms with Crippen LogP contribution in [0, 0.1) is 0 Å². The van der Waals surface area contributed by atoms with Gasteiger partial charge in [0.05, 0.1) is 12.7 Å². The summed E-state index contributed by atoms with van der Waals surface area (Å²) in [6, 6.07) is 16.5. The van der Waals surface area contributed by atoms with Crippen molar-refractivity contribution in [3.8, 4) is 5.88 Å². The van der Waals surface area contributed by atoms with Gasteiger partial charge in [0.15, 0.2) is 0 Å². The number of rotatable bonds is 4. The van der Waals surface area contributed by atoms with Crippen molar-refractivity contribution in [3.05, 3.63) is 94.1 Å². The van der Waals surface area contributed by atoms with Crippen molar-refractivity contribution < 1.29 is 27.5 Å². The van der Waals surface area contributed by atoms with Gasteiger partial charge in [0.2, 0.25) is 5.88 Å². The molecule has 2 heterocycles. The van der Waals surface area contributed by atoms with E-state index in [1.807, 2.05) is 29.2 Å². The van der Waals surface area contributed by atoms with E-state index >= 15 is 0 Å². The predicted octanol–water partition coefficient (Wildman–Crippen LogP) is 5.99. The average molecular weight is 561 g/mol. The maximum atomic E-state index is 12.9. The Morgan fingerprint density at radius 2 is 1.69 bits per heavy atom. The monoisotopic (exact) mass is 560 g/mol. The fraction of sp³-hybridized carbons (Fsp3) is 0.286. The van der Waals surface area contributed by atoms with Crippen LogP contribution in [0.2, 0.25) is 5.02 Å². The van der Waals surface area contributed by atoms with E-state index in [1.54, 1.807) is 31.2 Å². The highest BCUT2D eigenvalue weighted by Gasteiger charge is 2.30. The quantitative estimate of drug-likeness (QED) is 0.312. The number of benzene rings is 2. The minimum absolute atomic E-state index is 0.0221. The van der Waals surface area contributed by atoms with Crippen LogP contribution >= 0.6 is 11.6 Å². The van der Waals surface area contributed by atoms with Gasteiger partial charge >= 0.3 is 6.18 Å². The number of carbonyl (C=O) groups excluding carboxylic acids is 2. The lowest BCUT2D eigenvalue weighted by molar-refractivity contribution is -0.137. The van der Waals surface area contributed by atoms with Crippen LogP contribution in [0.15, 0.2) is 71.9 Å². The number of amidine groups is 1. The van der Waals surface area contributed by atoms with Crippen LogP contribution in [0.4, 0.5) is 13.2 Å². The second-order valence-corrected chi connectivity index (χ2v) is 9.30. The lowest BCUT2D eigenvalue weighted by atomic mass is 9.90. The van der Waals surface area contributed by atoms with E-state index in [0.717, 1.165) is 31.6 Å². The molecular formula is C28H28ClF3N4O3. The van der Waals surface area contributed by atoms with Gasteiger partial charge in [-0.2, -0.15) is 18.2 Å². The summed E-state index contributed by atoms with van der Waals surface area (Å²) < 4.78 is 40.4. The van der Waals surface area contributed by atoms with Crippen LogP contribution in [-0.4, -0.2) is 47.7 Å². The van der Waals surface area contributed by atoms with Gasteiger partial charge in [-0.25, -0.2) is 4.98 Å². The number of alkyl halides is 3. The number of hydrogen-bond acceptors (Lipinski definition) is 4. The molecule has 7 nitrogen and oxygen atoms in total. The van der Waals surface area contributed by atoms with E-state index in [-0.39, 0.29) is 17.6 Å². The molecule has 0 spiro atoms. The number of carbonyl (C=O) groups is 2. The number of amides is 2. The van der Waals surface area contributed by atoms with Gasteiger partial charge in [0.25, 0.3) is 11.8 Å². The average Bonchev–Trinajstić information content (AvgIpc) is 2.93. The van der Waals surface area contributed by atoms with Crippen molar-refractivity contribution in [1.29, 1.82) is 0 Å². The molecule has 2 N–H and O–H groups in total. The van der Waals surface area contributed by atoms with E-state index in [0.29, 0.717) is 28.6 Å². The van der Waals surface area contributed by atoms with Crippen LogP contribution in [-0.2, 0) is 6.18 Å². The zero-order valence-electron chi connectivity index (χ0n) is 21.4. The largest absolute Gasteiger partial charge is 0.481 e. The number of piperidine rings is 1. The van der Waals surface area contributed by atoms with Gasteiger partial charge in [-0.1, -0.05) is 23.7 Å². The smallest absolute Gasteiger partial charge is 0.417 e. The molecule has 1 saturated heterocycles. The minimum Gasteiger partial charge on any atom is -0.481 e. The summed E-state index contributed by atoms with van der Waals surface area (Å²) in [4.78, 5) is 33.8. The molecule has 2 amide bonds. The van der Waals surface area contributed by atoms with Crippen molar-refractivity contribution in [1.82, 2.24) is 9.88 Å². The fourth-order valence-electron chi connectivity index (χ4n) is 4.00. The van der Waals surface area contributed by atoms with Crippen LogP contribution in [0.25, 0.3) is 0 Å². The third-order valence-corrected chi connectivity index (χ3v) is 6.23. The summed E-state index contributed by atoms with van der Waals surface area (Å²) in [5, 5.41) is 0.714. The van der Waals surface area contributed by atoms with Gasteiger partial charge in [0.1, 0.15) is 5.84 Å². The Morgan fingerprint density at radius 1 is 1.05 bits per heavy atom. The summed E-state index contributed by atoms with van der Waals surface area (Å²) in [6.45, 7) is 2.97. The Labute approximate surface area is 229 Å². The molecule has 11 heteroatoms. The molecule has 3 aromatic rings. The van der Waals surface area contributed by atoms with E-state index < -0.39 is 17.6 Å². The number of nitrogens with zero attached hydrogens (tertiary/aromatic N) is 3. The maximum absolute atomic E-state index is 12.9. The van der Waals surface area contributed by atoms with Crippen molar-refractivity contribution in [2.75, 3.05) is 20.2 Å². The molecule has 0 bridgehead atoms. The van der Waals surface area contributed by atoms with Crippen molar-refractivity contribution in [2.24, 2.45) is 10.7 Å². The number of hydrogen-bond donors (Lipinski definition) is 1. The number of likely N-dealkylation sites (tertiary alicyclic amines) is 1. The van der Waals surface area contributed by atoms with E-state index in [9.17, 15) is 22.8 Å². The van der Waals surface area contributed by atoms with Gasteiger partial charge in [0, 0.05) is 47.4 Å². The number of pyridine rings is 1. The number of methoxy groups -OCH3 is 1. The molecule has 0 radical (unpaired) electrons. The zero-order chi connectivity index (χ0) is 28.6. The maximum Gasteiger partial charge on any atom is 0.417 e. The molecule has 1 fully saturated rings. The highest BCUT2D eigenvalue weighted by molar-refractivity contribution is 6.30. The molecule has 2 aromatic carbocycles. The van der Waals surface area contributed by atoms with Crippen LogP contribution in [0.3, 0.4) is 0 Å². The molecule has 39 heavy (non-hydrogen) atoms. The Kier molecular flexibility index (Phi) is 10.1.